The van der Waals surface area contributed by atoms with Crippen LogP contribution in [-0.2, 0) is 5.75 Å². The SMILES string of the molecule is c1ccc(-n2nnnc2SCc2ncc[nH]2)cc1. The Labute approximate surface area is 107 Å². The molecule has 0 aliphatic heterocycles. The van der Waals surface area contributed by atoms with Crippen molar-refractivity contribution < 1.29 is 0 Å². The number of tetrazole rings is 1. The predicted molar refractivity (Wildman–Crippen MR) is 67.3 cm³/mol. The molecule has 3 aromatic rings. The summed E-state index contributed by atoms with van der Waals surface area (Å²) in [5, 5.41) is 12.5. The van der Waals surface area contributed by atoms with Crippen LogP contribution in [0.25, 0.3) is 5.69 Å². The number of imidazole rings is 1. The number of benzene rings is 1. The van der Waals surface area contributed by atoms with E-state index in [-0.39, 0.29) is 0 Å². The summed E-state index contributed by atoms with van der Waals surface area (Å²) in [7, 11) is 0. The molecule has 1 N–H and O–H groups in total. The number of aromatic amines is 1. The predicted octanol–water partition coefficient (Wildman–Crippen LogP) is 1.68. The first-order valence-corrected chi connectivity index (χ1v) is 6.37. The van der Waals surface area contributed by atoms with Crippen LogP contribution in [0.4, 0.5) is 0 Å². The highest BCUT2D eigenvalue weighted by atomic mass is 32.2. The zero-order valence-electron chi connectivity index (χ0n) is 9.39. The molecule has 0 fully saturated rings. The molecule has 0 aliphatic carbocycles. The van der Waals surface area contributed by atoms with Gasteiger partial charge in [0, 0.05) is 12.4 Å². The van der Waals surface area contributed by atoms with E-state index in [9.17, 15) is 0 Å². The summed E-state index contributed by atoms with van der Waals surface area (Å²) < 4.78 is 1.72. The molecule has 0 amide bonds. The number of thioether (sulfide) groups is 1. The molecule has 6 nitrogen and oxygen atoms in total. The normalized spacial score (nSPS) is 10.7. The molecule has 18 heavy (non-hydrogen) atoms. The second-order valence-electron chi connectivity index (χ2n) is 3.53. The third-order valence-electron chi connectivity index (χ3n) is 2.33. The Bertz CT molecular complexity index is 604. The van der Waals surface area contributed by atoms with Crippen molar-refractivity contribution in [3.8, 4) is 5.69 Å². The van der Waals surface area contributed by atoms with E-state index in [1.54, 1.807) is 17.1 Å². The number of nitrogens with zero attached hydrogens (tertiary/aromatic N) is 5. The molecule has 0 bridgehead atoms. The molecule has 0 aliphatic rings. The summed E-state index contributed by atoms with van der Waals surface area (Å²) in [6.45, 7) is 0. The van der Waals surface area contributed by atoms with Crippen LogP contribution in [0.3, 0.4) is 0 Å². The van der Waals surface area contributed by atoms with E-state index in [2.05, 4.69) is 25.5 Å². The molecule has 90 valence electrons. The largest absolute Gasteiger partial charge is 0.348 e. The quantitative estimate of drug-likeness (QED) is 0.721. The van der Waals surface area contributed by atoms with Gasteiger partial charge in [-0.25, -0.2) is 4.98 Å². The summed E-state index contributed by atoms with van der Waals surface area (Å²) in [6.07, 6.45) is 3.53. The molecular weight excluding hydrogens is 248 g/mol. The van der Waals surface area contributed by atoms with E-state index in [4.69, 9.17) is 0 Å². The molecule has 2 aromatic heterocycles. The van der Waals surface area contributed by atoms with Crippen molar-refractivity contribution in [3.63, 3.8) is 0 Å². The van der Waals surface area contributed by atoms with Gasteiger partial charge in [-0.2, -0.15) is 4.68 Å². The van der Waals surface area contributed by atoms with E-state index >= 15 is 0 Å². The van der Waals surface area contributed by atoms with Crippen molar-refractivity contribution in [1.29, 1.82) is 0 Å². The highest BCUT2D eigenvalue weighted by Crippen LogP contribution is 2.20. The fraction of sp³-hybridized carbons (Fsp3) is 0.0909. The highest BCUT2D eigenvalue weighted by molar-refractivity contribution is 7.98. The summed E-state index contributed by atoms with van der Waals surface area (Å²) in [5.41, 5.74) is 0.949. The van der Waals surface area contributed by atoms with Gasteiger partial charge < -0.3 is 4.98 Å². The fourth-order valence-corrected chi connectivity index (χ4v) is 2.29. The van der Waals surface area contributed by atoms with Crippen molar-refractivity contribution >= 4 is 11.8 Å². The number of hydrogen-bond acceptors (Lipinski definition) is 5. The molecule has 0 radical (unpaired) electrons. The van der Waals surface area contributed by atoms with Crippen molar-refractivity contribution in [1.82, 2.24) is 30.2 Å². The first kappa shape index (κ1) is 11.0. The van der Waals surface area contributed by atoms with Crippen molar-refractivity contribution in [2.24, 2.45) is 0 Å². The van der Waals surface area contributed by atoms with E-state index in [0.717, 1.165) is 16.7 Å². The maximum absolute atomic E-state index is 4.16. The first-order valence-electron chi connectivity index (χ1n) is 5.38. The van der Waals surface area contributed by atoms with Crippen LogP contribution < -0.4 is 0 Å². The van der Waals surface area contributed by atoms with Crippen LogP contribution in [0.5, 0.6) is 0 Å². The number of H-pyrrole nitrogens is 1. The van der Waals surface area contributed by atoms with Crippen LogP contribution in [0.2, 0.25) is 0 Å². The monoisotopic (exact) mass is 258 g/mol. The molecule has 0 atom stereocenters. The smallest absolute Gasteiger partial charge is 0.214 e. The highest BCUT2D eigenvalue weighted by Gasteiger charge is 2.09. The summed E-state index contributed by atoms with van der Waals surface area (Å²) in [5.74, 6) is 1.61. The number of hydrogen-bond donors (Lipinski definition) is 1. The Kier molecular flexibility index (Phi) is 3.05. The van der Waals surface area contributed by atoms with Gasteiger partial charge >= 0.3 is 0 Å². The maximum Gasteiger partial charge on any atom is 0.214 e. The van der Waals surface area contributed by atoms with Crippen LogP contribution in [0.15, 0.2) is 47.9 Å². The molecule has 7 heteroatoms. The standard InChI is InChI=1S/C11H10N6S/c1-2-4-9(5-3-1)17-11(14-15-16-17)18-8-10-12-6-7-13-10/h1-7H,8H2,(H,12,13). The lowest BCUT2D eigenvalue weighted by Gasteiger charge is -2.02. The molecule has 2 heterocycles. The second kappa shape index (κ2) is 5.01. The van der Waals surface area contributed by atoms with Gasteiger partial charge in [-0.3, -0.25) is 0 Å². The van der Waals surface area contributed by atoms with Crippen LogP contribution >= 0.6 is 11.8 Å². The summed E-state index contributed by atoms with van der Waals surface area (Å²) in [4.78, 5) is 7.21. The summed E-state index contributed by atoms with van der Waals surface area (Å²) in [6, 6.07) is 9.81. The number of nitrogens with one attached hydrogen (secondary N) is 1. The minimum absolute atomic E-state index is 0.709. The lowest BCUT2D eigenvalue weighted by Crippen LogP contribution is -1.98. The van der Waals surface area contributed by atoms with Crippen LogP contribution in [0.1, 0.15) is 5.82 Å². The Morgan fingerprint density at radius 2 is 2.11 bits per heavy atom. The van der Waals surface area contributed by atoms with E-state index in [0.29, 0.717) is 5.75 Å². The van der Waals surface area contributed by atoms with E-state index in [1.165, 1.54) is 11.8 Å². The Morgan fingerprint density at radius 3 is 2.89 bits per heavy atom. The lowest BCUT2D eigenvalue weighted by molar-refractivity contribution is 0.756. The van der Waals surface area contributed by atoms with Gasteiger partial charge in [-0.1, -0.05) is 30.0 Å². The average Bonchev–Trinajstić information content (AvgIpc) is 3.09. The van der Waals surface area contributed by atoms with Gasteiger partial charge in [-0.05, 0) is 22.6 Å². The molecule has 3 rings (SSSR count). The molecule has 0 unspecified atom stereocenters. The minimum Gasteiger partial charge on any atom is -0.348 e. The topological polar surface area (TPSA) is 72.3 Å². The first-order chi connectivity index (χ1) is 8.93. The molecule has 0 spiro atoms. The number of aromatic nitrogens is 6. The molecule has 0 saturated heterocycles. The van der Waals surface area contributed by atoms with Gasteiger partial charge in [0.2, 0.25) is 5.16 Å². The Hall–Kier alpha value is -2.15. The van der Waals surface area contributed by atoms with Crippen LogP contribution in [-0.4, -0.2) is 30.2 Å². The Balaban J connectivity index is 1.80. The third kappa shape index (κ3) is 2.25. The van der Waals surface area contributed by atoms with Gasteiger partial charge in [0.05, 0.1) is 11.4 Å². The number of para-hydroxylation sites is 1. The van der Waals surface area contributed by atoms with Crippen molar-refractivity contribution in [3.05, 3.63) is 48.5 Å². The Morgan fingerprint density at radius 1 is 1.22 bits per heavy atom. The molecular formula is C11H10N6S. The van der Waals surface area contributed by atoms with Crippen LogP contribution in [0, 0.1) is 0 Å². The zero-order valence-corrected chi connectivity index (χ0v) is 10.2. The average molecular weight is 258 g/mol. The van der Waals surface area contributed by atoms with Gasteiger partial charge in [0.15, 0.2) is 0 Å². The van der Waals surface area contributed by atoms with Gasteiger partial charge in [0.25, 0.3) is 0 Å². The van der Waals surface area contributed by atoms with E-state index in [1.807, 2.05) is 30.3 Å². The van der Waals surface area contributed by atoms with Crippen molar-refractivity contribution in [2.45, 2.75) is 10.9 Å². The fourth-order valence-electron chi connectivity index (χ4n) is 1.51. The second-order valence-corrected chi connectivity index (χ2v) is 4.48. The van der Waals surface area contributed by atoms with Gasteiger partial charge in [-0.15, -0.1) is 5.10 Å². The molecule has 1 aromatic carbocycles. The van der Waals surface area contributed by atoms with E-state index < -0.39 is 0 Å². The number of rotatable bonds is 4. The summed E-state index contributed by atoms with van der Waals surface area (Å²) >= 11 is 1.54. The van der Waals surface area contributed by atoms with Gasteiger partial charge in [0.1, 0.15) is 5.82 Å². The minimum atomic E-state index is 0.709. The molecule has 0 saturated carbocycles. The lowest BCUT2D eigenvalue weighted by atomic mass is 10.3. The maximum atomic E-state index is 4.16. The third-order valence-corrected chi connectivity index (χ3v) is 3.27. The van der Waals surface area contributed by atoms with Crippen molar-refractivity contribution in [2.75, 3.05) is 0 Å². The zero-order chi connectivity index (χ0) is 12.2.